The standard InChI is InChI=1S/C62H50N2Si2/c1-47-43-61-57(45-59(47)63(49-27-11-3-12-28-49)50-29-13-4-14-30-50)58-46-60(64(51-31-15-5-16-32-51)52-33-17-6-18-34-52)48(2)44-62(58)66(55-39-23-9-24-40-55,56-41-25-10-26-42-56)65(61,53-35-19-7-20-36-53)54-37-21-8-22-38-54/h3-46H,1-2H3. The molecule has 2 nitrogen and oxygen atoms in total. The maximum absolute atomic E-state index is 3.20. The molecule has 316 valence electrons. The monoisotopic (exact) mass is 878 g/mol. The van der Waals surface area contributed by atoms with E-state index in [1.165, 1.54) is 64.7 Å². The summed E-state index contributed by atoms with van der Waals surface area (Å²) < 4.78 is 0. The Labute approximate surface area is 391 Å². The number of anilines is 6. The van der Waals surface area contributed by atoms with Crippen molar-refractivity contribution in [1.29, 1.82) is 0 Å². The average molecular weight is 879 g/mol. The van der Waals surface area contributed by atoms with E-state index in [1.807, 2.05) is 0 Å². The summed E-state index contributed by atoms with van der Waals surface area (Å²) in [7, 11) is -6.41. The molecular formula is C62H50N2Si2. The molecule has 10 aromatic carbocycles. The van der Waals surface area contributed by atoms with Gasteiger partial charge in [0.2, 0.25) is 0 Å². The average Bonchev–Trinajstić information content (AvgIpc) is 3.39. The van der Waals surface area contributed by atoms with Crippen molar-refractivity contribution < 1.29 is 0 Å². The Balaban J connectivity index is 1.36. The molecular weight excluding hydrogens is 829 g/mol. The molecule has 0 saturated carbocycles. The smallest absolute Gasteiger partial charge is 0.155 e. The first-order valence-corrected chi connectivity index (χ1v) is 27.9. The first-order valence-electron chi connectivity index (χ1n) is 22.9. The highest BCUT2D eigenvalue weighted by atomic mass is 29.3. The fourth-order valence-electron chi connectivity index (χ4n) is 11.1. The van der Waals surface area contributed by atoms with Crippen LogP contribution in [-0.2, 0) is 0 Å². The Morgan fingerprint density at radius 2 is 0.470 bits per heavy atom. The van der Waals surface area contributed by atoms with Crippen LogP contribution in [0.5, 0.6) is 0 Å². The number of rotatable bonds is 10. The molecule has 0 bridgehead atoms. The molecule has 1 aliphatic heterocycles. The maximum Gasteiger partial charge on any atom is 0.155 e. The molecule has 1 aliphatic rings. The third-order valence-electron chi connectivity index (χ3n) is 13.7. The van der Waals surface area contributed by atoms with E-state index < -0.39 is 15.2 Å². The molecule has 0 atom stereocenters. The minimum absolute atomic E-state index is 1.12. The minimum Gasteiger partial charge on any atom is -0.310 e. The van der Waals surface area contributed by atoms with Crippen LogP contribution in [0.4, 0.5) is 34.1 Å². The van der Waals surface area contributed by atoms with Gasteiger partial charge in [-0.25, -0.2) is 0 Å². The highest BCUT2D eigenvalue weighted by Gasteiger charge is 2.65. The number of nitrogens with zero attached hydrogens (tertiary/aromatic N) is 2. The predicted molar refractivity (Wildman–Crippen MR) is 286 cm³/mol. The lowest BCUT2D eigenvalue weighted by Crippen LogP contribution is -2.95. The molecule has 0 amide bonds. The van der Waals surface area contributed by atoms with Crippen LogP contribution in [0.1, 0.15) is 11.1 Å². The van der Waals surface area contributed by atoms with E-state index in [-0.39, 0.29) is 0 Å². The minimum atomic E-state index is -3.20. The van der Waals surface area contributed by atoms with Gasteiger partial charge in [-0.3, -0.25) is 0 Å². The van der Waals surface area contributed by atoms with Crippen molar-refractivity contribution in [1.82, 2.24) is 0 Å². The zero-order valence-corrected chi connectivity index (χ0v) is 39.3. The van der Waals surface area contributed by atoms with Crippen molar-refractivity contribution in [3.8, 4) is 11.1 Å². The zero-order chi connectivity index (χ0) is 44.5. The molecule has 0 aliphatic carbocycles. The Morgan fingerprint density at radius 1 is 0.258 bits per heavy atom. The van der Waals surface area contributed by atoms with Gasteiger partial charge in [-0.05, 0) is 107 Å². The summed E-state index contributed by atoms with van der Waals surface area (Å²) in [5, 5.41) is 8.61. The fraction of sp³-hybridized carbons (Fsp3) is 0.0323. The van der Waals surface area contributed by atoms with E-state index in [9.17, 15) is 0 Å². The summed E-state index contributed by atoms with van der Waals surface area (Å²) >= 11 is 0. The largest absolute Gasteiger partial charge is 0.310 e. The summed E-state index contributed by atoms with van der Waals surface area (Å²) in [6.45, 7) is 4.67. The number of hydrogen-bond donors (Lipinski definition) is 0. The van der Waals surface area contributed by atoms with Crippen LogP contribution in [-0.4, -0.2) is 15.2 Å². The number of benzene rings is 10. The second-order valence-electron chi connectivity index (χ2n) is 17.3. The number of aryl methyl sites for hydroxylation is 2. The summed E-state index contributed by atoms with van der Waals surface area (Å²) in [6.07, 6.45) is 0. The van der Waals surface area contributed by atoms with Crippen molar-refractivity contribution in [2.75, 3.05) is 9.80 Å². The van der Waals surface area contributed by atoms with E-state index in [2.05, 4.69) is 291 Å². The van der Waals surface area contributed by atoms with Gasteiger partial charge in [-0.1, -0.05) is 227 Å². The summed E-state index contributed by atoms with van der Waals surface area (Å²) in [4.78, 5) is 4.90. The molecule has 1 heterocycles. The van der Waals surface area contributed by atoms with E-state index in [4.69, 9.17) is 0 Å². The van der Waals surface area contributed by atoms with Crippen LogP contribution >= 0.6 is 0 Å². The molecule has 10 aromatic rings. The van der Waals surface area contributed by atoms with Crippen molar-refractivity contribution in [2.45, 2.75) is 13.8 Å². The molecule has 0 N–H and O–H groups in total. The van der Waals surface area contributed by atoms with E-state index in [0.717, 1.165) is 22.7 Å². The molecule has 0 fully saturated rings. The lowest BCUT2D eigenvalue weighted by molar-refractivity contribution is 1.25. The Morgan fingerprint density at radius 3 is 0.697 bits per heavy atom. The van der Waals surface area contributed by atoms with Gasteiger partial charge in [-0.15, -0.1) is 0 Å². The Hall–Kier alpha value is -7.77. The summed E-state index contributed by atoms with van der Waals surface area (Å²) in [5.74, 6) is 0. The second-order valence-corrected chi connectivity index (χ2v) is 28.2. The Bertz CT molecular complexity index is 2860. The summed E-state index contributed by atoms with van der Waals surface area (Å²) in [5.41, 5.74) is 11.9. The summed E-state index contributed by atoms with van der Waals surface area (Å²) in [6, 6.07) is 100. The molecule has 0 saturated heterocycles. The molecule has 11 rings (SSSR count). The third kappa shape index (κ3) is 6.60. The number of hydrogen-bond acceptors (Lipinski definition) is 2. The molecule has 66 heavy (non-hydrogen) atoms. The molecule has 0 unspecified atom stereocenters. The normalized spacial score (nSPS) is 13.2. The van der Waals surface area contributed by atoms with E-state index >= 15 is 0 Å². The number of para-hydroxylation sites is 4. The van der Waals surface area contributed by atoms with E-state index in [0.29, 0.717) is 0 Å². The number of fused-ring (bicyclic) bond motifs is 3. The first kappa shape index (κ1) is 41.0. The fourth-order valence-corrected chi connectivity index (χ4v) is 31.3. The topological polar surface area (TPSA) is 6.48 Å². The molecule has 0 aromatic heterocycles. The zero-order valence-electron chi connectivity index (χ0n) is 37.3. The van der Waals surface area contributed by atoms with E-state index in [1.54, 1.807) is 0 Å². The van der Waals surface area contributed by atoms with Crippen LogP contribution in [0, 0.1) is 13.8 Å². The van der Waals surface area contributed by atoms with Crippen LogP contribution in [0.3, 0.4) is 0 Å². The van der Waals surface area contributed by atoms with Gasteiger partial charge in [0.15, 0.2) is 15.2 Å². The highest BCUT2D eigenvalue weighted by molar-refractivity contribution is 7.68. The quantitative estimate of drug-likeness (QED) is 0.126. The second kappa shape index (κ2) is 17.3. The third-order valence-corrected chi connectivity index (χ3v) is 30.5. The first-order chi connectivity index (χ1) is 32.6. The van der Waals surface area contributed by atoms with Gasteiger partial charge in [0.25, 0.3) is 0 Å². The van der Waals surface area contributed by atoms with Crippen LogP contribution in [0.15, 0.2) is 267 Å². The van der Waals surface area contributed by atoms with Crippen molar-refractivity contribution in [3.05, 3.63) is 278 Å². The van der Waals surface area contributed by atoms with Gasteiger partial charge >= 0.3 is 0 Å². The van der Waals surface area contributed by atoms with Crippen molar-refractivity contribution >= 4 is 80.4 Å². The van der Waals surface area contributed by atoms with Gasteiger partial charge in [0.05, 0.1) is 0 Å². The maximum atomic E-state index is 2.62. The van der Waals surface area contributed by atoms with Crippen molar-refractivity contribution in [2.24, 2.45) is 0 Å². The van der Waals surface area contributed by atoms with Gasteiger partial charge in [0, 0.05) is 34.1 Å². The lowest BCUT2D eigenvalue weighted by Gasteiger charge is -2.54. The van der Waals surface area contributed by atoms with Crippen LogP contribution in [0.2, 0.25) is 0 Å². The lowest BCUT2D eigenvalue weighted by atomic mass is 9.98. The molecule has 0 spiro atoms. The molecule has 0 radical (unpaired) electrons. The Kier molecular flexibility index (Phi) is 10.7. The van der Waals surface area contributed by atoms with Crippen LogP contribution < -0.4 is 40.9 Å². The van der Waals surface area contributed by atoms with Gasteiger partial charge in [-0.2, -0.15) is 0 Å². The van der Waals surface area contributed by atoms with Gasteiger partial charge < -0.3 is 9.80 Å². The van der Waals surface area contributed by atoms with Gasteiger partial charge in [0.1, 0.15) is 0 Å². The molecule has 4 heteroatoms. The van der Waals surface area contributed by atoms with Crippen LogP contribution in [0.25, 0.3) is 11.1 Å². The van der Waals surface area contributed by atoms with Crippen molar-refractivity contribution in [3.63, 3.8) is 0 Å². The highest BCUT2D eigenvalue weighted by Crippen LogP contribution is 2.44. The SMILES string of the molecule is Cc1cc2c(cc1N(c1ccccc1)c1ccccc1)-c1cc(N(c3ccccc3)c3ccccc3)c(C)cc1[Si](c1ccccc1)(c1ccccc1)[Si]2(c1ccccc1)c1ccccc1. The predicted octanol–water partition coefficient (Wildman–Crippen LogP) is 11.9.